The number of benzene rings is 2. The van der Waals surface area contributed by atoms with Crippen LogP contribution in [0.1, 0.15) is 17.5 Å². The second-order valence-corrected chi connectivity index (χ2v) is 6.05. The fourth-order valence-electron chi connectivity index (χ4n) is 3.39. The summed E-state index contributed by atoms with van der Waals surface area (Å²) < 4.78 is 0. The van der Waals surface area contributed by atoms with E-state index in [1.165, 1.54) is 0 Å². The molecule has 2 N–H and O–H groups in total. The second kappa shape index (κ2) is 5.66. The van der Waals surface area contributed by atoms with Crippen molar-refractivity contribution in [2.24, 2.45) is 0 Å². The molecule has 2 aliphatic rings. The molecule has 0 spiro atoms. The van der Waals surface area contributed by atoms with Crippen LogP contribution in [-0.4, -0.2) is 36.3 Å². The molecule has 2 heterocycles. The van der Waals surface area contributed by atoms with Crippen molar-refractivity contribution in [1.82, 2.24) is 0 Å². The molecule has 6 nitrogen and oxygen atoms in total. The number of nitrogens with zero attached hydrogens (tertiary/aromatic N) is 2. The zero-order valence-electron chi connectivity index (χ0n) is 13.5. The summed E-state index contributed by atoms with van der Waals surface area (Å²) in [5, 5.41) is 15.9. The Morgan fingerprint density at radius 3 is 1.52 bits per heavy atom. The van der Waals surface area contributed by atoms with Gasteiger partial charge in [0, 0.05) is 24.2 Å². The normalized spacial score (nSPS) is 15.8. The standard InChI is InChI=1S/C19H16N4O2/c20-16-12-6-1-3-8-14(12)22(18(16)24)10-5-11-23-15-9-4-2-7-13(15)17(21)19(23)25/h1-4,6-9,20-21H,5,10-11H2. The van der Waals surface area contributed by atoms with E-state index in [9.17, 15) is 9.59 Å². The molecule has 2 aromatic rings. The zero-order chi connectivity index (χ0) is 17.6. The van der Waals surface area contributed by atoms with Gasteiger partial charge in [-0.2, -0.15) is 0 Å². The highest BCUT2D eigenvalue weighted by atomic mass is 16.2. The number of nitrogens with one attached hydrogen (secondary N) is 2. The van der Waals surface area contributed by atoms with Gasteiger partial charge in [-0.25, -0.2) is 0 Å². The minimum atomic E-state index is -0.304. The molecule has 25 heavy (non-hydrogen) atoms. The van der Waals surface area contributed by atoms with Crippen molar-refractivity contribution in [2.75, 3.05) is 22.9 Å². The Balaban J connectivity index is 1.49. The number of fused-ring (bicyclic) bond motifs is 2. The van der Waals surface area contributed by atoms with E-state index in [2.05, 4.69) is 0 Å². The predicted octanol–water partition coefficient (Wildman–Crippen LogP) is 2.21. The molecule has 0 saturated heterocycles. The van der Waals surface area contributed by atoms with Crippen molar-refractivity contribution in [3.63, 3.8) is 0 Å². The number of para-hydroxylation sites is 2. The van der Waals surface area contributed by atoms with Gasteiger partial charge in [0.25, 0.3) is 11.8 Å². The molecule has 6 heteroatoms. The summed E-state index contributed by atoms with van der Waals surface area (Å²) in [5.41, 5.74) is 2.82. The van der Waals surface area contributed by atoms with E-state index >= 15 is 0 Å². The molecule has 0 saturated carbocycles. The quantitative estimate of drug-likeness (QED) is 0.899. The van der Waals surface area contributed by atoms with Gasteiger partial charge in [-0.05, 0) is 18.6 Å². The van der Waals surface area contributed by atoms with Gasteiger partial charge < -0.3 is 9.80 Å². The van der Waals surface area contributed by atoms with Gasteiger partial charge in [-0.1, -0.05) is 36.4 Å². The topological polar surface area (TPSA) is 88.3 Å². The number of hydrogen-bond donors (Lipinski definition) is 2. The van der Waals surface area contributed by atoms with Crippen LogP contribution in [0.3, 0.4) is 0 Å². The molecule has 0 radical (unpaired) electrons. The first-order valence-electron chi connectivity index (χ1n) is 8.09. The van der Waals surface area contributed by atoms with Crippen molar-refractivity contribution in [2.45, 2.75) is 6.42 Å². The highest BCUT2D eigenvalue weighted by Gasteiger charge is 2.34. The van der Waals surface area contributed by atoms with Crippen molar-refractivity contribution >= 4 is 34.6 Å². The Bertz CT molecular complexity index is 859. The Morgan fingerprint density at radius 1 is 0.680 bits per heavy atom. The third-order valence-corrected chi connectivity index (χ3v) is 4.61. The van der Waals surface area contributed by atoms with Crippen LogP contribution in [0.2, 0.25) is 0 Å². The maximum atomic E-state index is 12.3. The number of anilines is 2. The molecule has 4 rings (SSSR count). The van der Waals surface area contributed by atoms with E-state index in [4.69, 9.17) is 10.8 Å². The molecule has 2 amide bonds. The fourth-order valence-corrected chi connectivity index (χ4v) is 3.39. The van der Waals surface area contributed by atoms with Gasteiger partial charge in [0.05, 0.1) is 11.4 Å². The molecule has 124 valence electrons. The van der Waals surface area contributed by atoms with E-state index in [0.717, 1.165) is 11.4 Å². The van der Waals surface area contributed by atoms with Crippen LogP contribution in [0.5, 0.6) is 0 Å². The molecule has 0 aromatic heterocycles. The number of hydrogen-bond acceptors (Lipinski definition) is 4. The van der Waals surface area contributed by atoms with Gasteiger partial charge in [0.2, 0.25) is 0 Å². The molecule has 0 bridgehead atoms. The third-order valence-electron chi connectivity index (χ3n) is 4.61. The van der Waals surface area contributed by atoms with Crippen molar-refractivity contribution < 1.29 is 9.59 Å². The van der Waals surface area contributed by atoms with Crippen LogP contribution in [0.25, 0.3) is 0 Å². The van der Waals surface area contributed by atoms with E-state index in [0.29, 0.717) is 30.6 Å². The van der Waals surface area contributed by atoms with Crippen molar-refractivity contribution in [3.8, 4) is 0 Å². The van der Waals surface area contributed by atoms with E-state index < -0.39 is 0 Å². The van der Waals surface area contributed by atoms with Gasteiger partial charge in [-0.15, -0.1) is 0 Å². The van der Waals surface area contributed by atoms with Crippen LogP contribution >= 0.6 is 0 Å². The lowest BCUT2D eigenvalue weighted by Crippen LogP contribution is -2.35. The highest BCUT2D eigenvalue weighted by molar-refractivity contribution is 6.54. The molecule has 0 fully saturated rings. The minimum Gasteiger partial charge on any atom is -0.306 e. The van der Waals surface area contributed by atoms with Gasteiger partial charge in [-0.3, -0.25) is 20.4 Å². The average molecular weight is 332 g/mol. The number of carbonyl (C=O) groups is 2. The minimum absolute atomic E-state index is 0.0139. The van der Waals surface area contributed by atoms with E-state index in [-0.39, 0.29) is 23.2 Å². The summed E-state index contributed by atoms with van der Waals surface area (Å²) in [5.74, 6) is -0.607. The molecular weight excluding hydrogens is 316 g/mol. The Hall–Kier alpha value is -3.28. The first-order valence-corrected chi connectivity index (χ1v) is 8.09. The van der Waals surface area contributed by atoms with Gasteiger partial charge in [0.1, 0.15) is 11.4 Å². The van der Waals surface area contributed by atoms with Crippen LogP contribution in [0.4, 0.5) is 11.4 Å². The number of amides is 2. The first-order chi connectivity index (χ1) is 12.1. The van der Waals surface area contributed by atoms with Crippen LogP contribution in [0, 0.1) is 10.8 Å². The summed E-state index contributed by atoms with van der Waals surface area (Å²) in [6.07, 6.45) is 0.570. The smallest absolute Gasteiger partial charge is 0.276 e. The summed E-state index contributed by atoms with van der Waals surface area (Å²) in [4.78, 5) is 27.8. The van der Waals surface area contributed by atoms with Crippen LogP contribution in [0.15, 0.2) is 48.5 Å². The summed E-state index contributed by atoms with van der Waals surface area (Å²) in [6, 6.07) is 14.5. The first kappa shape index (κ1) is 15.3. The van der Waals surface area contributed by atoms with Crippen LogP contribution < -0.4 is 9.80 Å². The number of rotatable bonds is 4. The van der Waals surface area contributed by atoms with Crippen molar-refractivity contribution in [3.05, 3.63) is 59.7 Å². The lowest BCUT2D eigenvalue weighted by atomic mass is 10.1. The molecule has 2 aromatic carbocycles. The summed E-state index contributed by atoms with van der Waals surface area (Å²) in [6.45, 7) is 0.856. The highest BCUT2D eigenvalue weighted by Crippen LogP contribution is 2.30. The molecule has 0 unspecified atom stereocenters. The van der Waals surface area contributed by atoms with E-state index in [1.54, 1.807) is 21.9 Å². The Morgan fingerprint density at radius 2 is 1.08 bits per heavy atom. The average Bonchev–Trinajstić information content (AvgIpc) is 3.03. The molecule has 2 aliphatic heterocycles. The Kier molecular flexibility index (Phi) is 3.46. The number of carbonyl (C=O) groups excluding carboxylic acids is 2. The van der Waals surface area contributed by atoms with Gasteiger partial charge >= 0.3 is 0 Å². The lowest BCUT2D eigenvalue weighted by Gasteiger charge is -2.20. The maximum Gasteiger partial charge on any atom is 0.276 e. The maximum absolute atomic E-state index is 12.3. The lowest BCUT2D eigenvalue weighted by molar-refractivity contribution is -0.112. The Labute approximate surface area is 144 Å². The van der Waals surface area contributed by atoms with Gasteiger partial charge in [0.15, 0.2) is 0 Å². The molecule has 0 atom stereocenters. The SMILES string of the molecule is N=C1C(=O)N(CCCN2C(=O)C(=N)c3ccccc32)c2ccccc21. The zero-order valence-corrected chi connectivity index (χ0v) is 13.5. The largest absolute Gasteiger partial charge is 0.306 e. The van der Waals surface area contributed by atoms with Crippen molar-refractivity contribution in [1.29, 1.82) is 10.8 Å². The summed E-state index contributed by atoms with van der Waals surface area (Å²) >= 11 is 0. The van der Waals surface area contributed by atoms with Crippen LogP contribution in [-0.2, 0) is 9.59 Å². The van der Waals surface area contributed by atoms with E-state index in [1.807, 2.05) is 36.4 Å². The third kappa shape index (κ3) is 2.26. The predicted molar refractivity (Wildman–Crippen MR) is 95.9 cm³/mol. The fraction of sp³-hybridized carbons (Fsp3) is 0.158. The summed E-state index contributed by atoms with van der Waals surface area (Å²) in [7, 11) is 0. The monoisotopic (exact) mass is 332 g/mol. The second-order valence-electron chi connectivity index (χ2n) is 6.05. The molecular formula is C19H16N4O2. The molecule has 0 aliphatic carbocycles.